The van der Waals surface area contributed by atoms with Crippen LogP contribution in [0.3, 0.4) is 0 Å². The number of nitrogens with one attached hydrogen (secondary N) is 1. The first-order valence-electron chi connectivity index (χ1n) is 7.24. The minimum Gasteiger partial charge on any atom is -0.370 e. The van der Waals surface area contributed by atoms with Crippen molar-refractivity contribution in [3.63, 3.8) is 0 Å². The van der Waals surface area contributed by atoms with Gasteiger partial charge in [0.25, 0.3) is 0 Å². The molecule has 1 aliphatic carbocycles. The summed E-state index contributed by atoms with van der Waals surface area (Å²) < 4.78 is 0. The minimum absolute atomic E-state index is 0.623. The average molecular weight is 268 g/mol. The Hall–Kier alpha value is -1.97. The molecule has 2 aromatic rings. The number of aryl methyl sites for hydroxylation is 2. The van der Waals surface area contributed by atoms with E-state index in [1.165, 1.54) is 12.8 Å². The van der Waals surface area contributed by atoms with Crippen molar-refractivity contribution in [2.75, 3.05) is 11.9 Å². The summed E-state index contributed by atoms with van der Waals surface area (Å²) in [4.78, 5) is 13.8. The van der Waals surface area contributed by atoms with Crippen molar-refractivity contribution in [2.45, 2.75) is 39.5 Å². The summed E-state index contributed by atoms with van der Waals surface area (Å²) in [5.74, 6) is 2.35. The van der Waals surface area contributed by atoms with E-state index < -0.39 is 0 Å². The fraction of sp³-hybridized carbons (Fsp3) is 0.438. The Labute approximate surface area is 119 Å². The Morgan fingerprint density at radius 2 is 1.75 bits per heavy atom. The van der Waals surface area contributed by atoms with Crippen LogP contribution in [0.15, 0.2) is 18.2 Å². The second-order valence-electron chi connectivity index (χ2n) is 5.44. The molecule has 0 amide bonds. The van der Waals surface area contributed by atoms with E-state index in [0.29, 0.717) is 5.92 Å². The quantitative estimate of drug-likeness (QED) is 0.922. The van der Waals surface area contributed by atoms with Gasteiger partial charge in [-0.3, -0.25) is 4.98 Å². The molecule has 2 heterocycles. The molecule has 0 aromatic carbocycles. The topological polar surface area (TPSA) is 50.7 Å². The van der Waals surface area contributed by atoms with E-state index in [1.54, 1.807) is 0 Å². The summed E-state index contributed by atoms with van der Waals surface area (Å²) in [5, 5.41) is 3.30. The Balaban J connectivity index is 2.06. The van der Waals surface area contributed by atoms with Crippen LogP contribution in [0, 0.1) is 13.8 Å². The number of hydrogen-bond donors (Lipinski definition) is 1. The largest absolute Gasteiger partial charge is 0.370 e. The van der Waals surface area contributed by atoms with Crippen LogP contribution < -0.4 is 5.32 Å². The third-order valence-electron chi connectivity index (χ3n) is 3.44. The fourth-order valence-electron chi connectivity index (χ4n) is 2.42. The summed E-state index contributed by atoms with van der Waals surface area (Å²) in [6.07, 6.45) is 2.49. The van der Waals surface area contributed by atoms with E-state index in [1.807, 2.05) is 13.8 Å². The van der Waals surface area contributed by atoms with Crippen LogP contribution in [0.2, 0.25) is 0 Å². The molecular formula is C16H20N4. The van der Waals surface area contributed by atoms with Gasteiger partial charge in [-0.1, -0.05) is 0 Å². The third kappa shape index (κ3) is 2.79. The van der Waals surface area contributed by atoms with E-state index in [-0.39, 0.29) is 0 Å². The lowest BCUT2D eigenvalue weighted by atomic mass is 10.1. The minimum atomic E-state index is 0.623. The number of nitrogens with zero attached hydrogens (tertiary/aromatic N) is 3. The van der Waals surface area contributed by atoms with E-state index in [9.17, 15) is 0 Å². The first kappa shape index (κ1) is 13.0. The maximum absolute atomic E-state index is 4.75. The molecule has 1 saturated carbocycles. The molecule has 1 aliphatic rings. The number of pyridine rings is 1. The Morgan fingerprint density at radius 3 is 2.35 bits per heavy atom. The fourth-order valence-corrected chi connectivity index (χ4v) is 2.42. The van der Waals surface area contributed by atoms with E-state index in [4.69, 9.17) is 4.98 Å². The van der Waals surface area contributed by atoms with Crippen LogP contribution in [0.4, 0.5) is 5.82 Å². The highest BCUT2D eigenvalue weighted by molar-refractivity contribution is 5.59. The zero-order valence-electron chi connectivity index (χ0n) is 12.3. The molecule has 4 heteroatoms. The normalized spacial score (nSPS) is 14.3. The van der Waals surface area contributed by atoms with E-state index in [2.05, 4.69) is 40.4 Å². The molecule has 0 unspecified atom stereocenters. The van der Waals surface area contributed by atoms with Gasteiger partial charge in [0, 0.05) is 41.2 Å². The van der Waals surface area contributed by atoms with Crippen molar-refractivity contribution in [1.82, 2.24) is 15.0 Å². The monoisotopic (exact) mass is 268 g/mol. The second-order valence-corrected chi connectivity index (χ2v) is 5.44. The molecule has 0 saturated heterocycles. The van der Waals surface area contributed by atoms with Crippen molar-refractivity contribution < 1.29 is 0 Å². The smallest absolute Gasteiger partial charge is 0.161 e. The van der Waals surface area contributed by atoms with Crippen molar-refractivity contribution >= 4 is 5.82 Å². The van der Waals surface area contributed by atoms with Crippen molar-refractivity contribution in [2.24, 2.45) is 0 Å². The highest BCUT2D eigenvalue weighted by Crippen LogP contribution is 2.40. The van der Waals surface area contributed by atoms with Gasteiger partial charge in [-0.2, -0.15) is 0 Å². The first-order chi connectivity index (χ1) is 9.65. The zero-order chi connectivity index (χ0) is 14.1. The Kier molecular flexibility index (Phi) is 3.38. The van der Waals surface area contributed by atoms with Crippen molar-refractivity contribution in [1.29, 1.82) is 0 Å². The van der Waals surface area contributed by atoms with Gasteiger partial charge >= 0.3 is 0 Å². The SMILES string of the molecule is CCNc1cc(C2CC2)nc(-c2cc(C)nc(C)c2)n1. The summed E-state index contributed by atoms with van der Waals surface area (Å²) in [5.41, 5.74) is 4.23. The van der Waals surface area contributed by atoms with Crippen molar-refractivity contribution in [3.05, 3.63) is 35.3 Å². The standard InChI is InChI=1S/C16H20N4/c1-4-17-15-9-14(12-5-6-12)19-16(20-15)13-7-10(2)18-11(3)8-13/h7-9,12H,4-6H2,1-3H3,(H,17,19,20). The number of hydrogen-bond acceptors (Lipinski definition) is 4. The summed E-state index contributed by atoms with van der Waals surface area (Å²) in [6, 6.07) is 6.19. The number of rotatable bonds is 4. The van der Waals surface area contributed by atoms with E-state index >= 15 is 0 Å². The zero-order valence-corrected chi connectivity index (χ0v) is 12.3. The first-order valence-corrected chi connectivity index (χ1v) is 7.24. The van der Waals surface area contributed by atoms with Crippen LogP contribution in [0.5, 0.6) is 0 Å². The van der Waals surface area contributed by atoms with Gasteiger partial charge in [0.2, 0.25) is 0 Å². The Morgan fingerprint density at radius 1 is 1.05 bits per heavy atom. The summed E-state index contributed by atoms with van der Waals surface area (Å²) in [7, 11) is 0. The lowest BCUT2D eigenvalue weighted by Gasteiger charge is -2.09. The van der Waals surface area contributed by atoms with Gasteiger partial charge in [-0.25, -0.2) is 9.97 Å². The third-order valence-corrected chi connectivity index (χ3v) is 3.44. The van der Waals surface area contributed by atoms with Gasteiger partial charge in [-0.15, -0.1) is 0 Å². The molecule has 2 aromatic heterocycles. The number of aromatic nitrogens is 3. The van der Waals surface area contributed by atoms with Crippen LogP contribution in [-0.2, 0) is 0 Å². The van der Waals surface area contributed by atoms with Crippen LogP contribution in [-0.4, -0.2) is 21.5 Å². The summed E-state index contributed by atoms with van der Waals surface area (Å²) >= 11 is 0. The van der Waals surface area contributed by atoms with Crippen LogP contribution >= 0.6 is 0 Å². The molecule has 0 aliphatic heterocycles. The molecular weight excluding hydrogens is 248 g/mol. The molecule has 20 heavy (non-hydrogen) atoms. The predicted octanol–water partition coefficient (Wildman–Crippen LogP) is 3.46. The number of anilines is 1. The van der Waals surface area contributed by atoms with Crippen molar-refractivity contribution in [3.8, 4) is 11.4 Å². The van der Waals surface area contributed by atoms with Gasteiger partial charge in [0.05, 0.1) is 0 Å². The highest BCUT2D eigenvalue weighted by Gasteiger charge is 2.26. The van der Waals surface area contributed by atoms with Gasteiger partial charge in [0.1, 0.15) is 5.82 Å². The second kappa shape index (κ2) is 5.19. The molecule has 0 radical (unpaired) electrons. The summed E-state index contributed by atoms with van der Waals surface area (Å²) in [6.45, 7) is 6.97. The molecule has 0 spiro atoms. The van der Waals surface area contributed by atoms with Gasteiger partial charge < -0.3 is 5.32 Å². The molecule has 0 bridgehead atoms. The molecule has 104 valence electrons. The molecule has 4 nitrogen and oxygen atoms in total. The molecule has 0 atom stereocenters. The van der Waals surface area contributed by atoms with E-state index in [0.717, 1.165) is 40.8 Å². The highest BCUT2D eigenvalue weighted by atomic mass is 15.0. The Bertz CT molecular complexity index is 612. The molecule has 1 N–H and O–H groups in total. The average Bonchev–Trinajstić information content (AvgIpc) is 3.22. The van der Waals surface area contributed by atoms with Gasteiger partial charge in [-0.05, 0) is 45.7 Å². The lowest BCUT2D eigenvalue weighted by molar-refractivity contribution is 0.985. The molecule has 1 fully saturated rings. The maximum Gasteiger partial charge on any atom is 0.161 e. The van der Waals surface area contributed by atoms with Crippen LogP contribution in [0.25, 0.3) is 11.4 Å². The van der Waals surface area contributed by atoms with Gasteiger partial charge in [0.15, 0.2) is 5.82 Å². The lowest BCUT2D eigenvalue weighted by Crippen LogP contribution is -2.04. The maximum atomic E-state index is 4.75. The van der Waals surface area contributed by atoms with Crippen LogP contribution in [0.1, 0.15) is 42.8 Å². The molecule has 3 rings (SSSR count). The predicted molar refractivity (Wildman–Crippen MR) is 80.9 cm³/mol.